The zero-order valence-electron chi connectivity index (χ0n) is 12.5. The molecule has 124 valence electrons. The number of benzene rings is 1. The third-order valence-corrected chi connectivity index (χ3v) is 3.20. The lowest BCUT2D eigenvalue weighted by molar-refractivity contribution is -0.141. The Hall–Kier alpha value is -3.54. The highest BCUT2D eigenvalue weighted by Gasteiger charge is 2.32. The van der Waals surface area contributed by atoms with Gasteiger partial charge in [0.25, 0.3) is 0 Å². The highest BCUT2D eigenvalue weighted by atomic mass is 19.4. The van der Waals surface area contributed by atoms with Crippen molar-refractivity contribution in [3.05, 3.63) is 59.3 Å². The Morgan fingerprint density at radius 1 is 1.12 bits per heavy atom. The van der Waals surface area contributed by atoms with E-state index in [2.05, 4.69) is 25.4 Å². The highest BCUT2D eigenvalue weighted by Crippen LogP contribution is 2.27. The zero-order chi connectivity index (χ0) is 17.9. The summed E-state index contributed by atoms with van der Waals surface area (Å²) in [6.07, 6.45) is -0.514. The number of H-pyrrole nitrogens is 1. The van der Waals surface area contributed by atoms with E-state index < -0.39 is 11.9 Å². The monoisotopic (exact) mass is 342 g/mol. The van der Waals surface area contributed by atoms with E-state index in [9.17, 15) is 13.2 Å². The molecule has 0 radical (unpaired) electrons. The van der Waals surface area contributed by atoms with Crippen LogP contribution in [0.3, 0.4) is 0 Å². The summed E-state index contributed by atoms with van der Waals surface area (Å²) in [6, 6.07) is 9.69. The lowest BCUT2D eigenvalue weighted by atomic mass is 10.1. The highest BCUT2D eigenvalue weighted by molar-refractivity contribution is 5.72. The number of nitrogens with zero attached hydrogens (tertiary/aromatic N) is 5. The largest absolute Gasteiger partial charge is 0.433 e. The molecule has 0 atom stereocenters. The summed E-state index contributed by atoms with van der Waals surface area (Å²) >= 11 is 0. The maximum atomic E-state index is 12.7. The molecule has 0 aliphatic rings. The Balaban J connectivity index is 1.88. The van der Waals surface area contributed by atoms with E-state index in [0.717, 1.165) is 12.3 Å². The lowest BCUT2D eigenvalue weighted by Crippen LogP contribution is -2.08. The predicted molar refractivity (Wildman–Crippen MR) is 82.5 cm³/mol. The minimum absolute atomic E-state index is 0.0561. The van der Waals surface area contributed by atoms with Gasteiger partial charge in [-0.15, -0.1) is 5.10 Å². The first-order valence-corrected chi connectivity index (χ1v) is 6.97. The van der Waals surface area contributed by atoms with E-state index in [1.54, 1.807) is 30.3 Å². The maximum absolute atomic E-state index is 12.7. The van der Waals surface area contributed by atoms with Crippen LogP contribution in [0.1, 0.15) is 22.8 Å². The molecular formula is C16H9F3N6. The molecule has 1 N–H and O–H groups in total. The number of hydrogen-bond acceptors (Lipinski definition) is 5. The van der Waals surface area contributed by atoms with E-state index in [4.69, 9.17) is 5.26 Å². The molecule has 0 aliphatic heterocycles. The molecule has 0 saturated carbocycles. The summed E-state index contributed by atoms with van der Waals surface area (Å²) in [5.41, 5.74) is 0.885. The first-order valence-electron chi connectivity index (χ1n) is 6.97. The van der Waals surface area contributed by atoms with E-state index >= 15 is 0 Å². The fourth-order valence-corrected chi connectivity index (χ4v) is 2.08. The average Bonchev–Trinajstić information content (AvgIpc) is 3.08. The van der Waals surface area contributed by atoms with Crippen LogP contribution in [0.15, 0.2) is 36.5 Å². The molecule has 0 amide bonds. The molecule has 1 aromatic carbocycles. The fraction of sp³-hybridized carbons (Fsp3) is 0.0625. The predicted octanol–water partition coefficient (Wildman–Crippen LogP) is 3.32. The zero-order valence-corrected chi connectivity index (χ0v) is 12.5. The third kappa shape index (κ3) is 3.69. The summed E-state index contributed by atoms with van der Waals surface area (Å²) in [4.78, 5) is 7.26. The minimum Gasteiger partial charge on any atom is -0.237 e. The second-order valence-electron chi connectivity index (χ2n) is 4.89. The van der Waals surface area contributed by atoms with Crippen molar-refractivity contribution in [3.63, 3.8) is 0 Å². The van der Waals surface area contributed by atoms with Gasteiger partial charge >= 0.3 is 6.18 Å². The first kappa shape index (κ1) is 16.3. The number of aromatic amines is 1. The topological polar surface area (TPSA) is 91.1 Å². The van der Waals surface area contributed by atoms with Gasteiger partial charge in [-0.2, -0.15) is 28.7 Å². The lowest BCUT2D eigenvalue weighted by Gasteiger charge is -2.05. The Labute approximate surface area is 139 Å². The Morgan fingerprint density at radius 2 is 1.96 bits per heavy atom. The van der Waals surface area contributed by atoms with E-state index in [1.165, 1.54) is 6.08 Å². The molecule has 3 rings (SSSR count). The summed E-state index contributed by atoms with van der Waals surface area (Å²) in [6.45, 7) is 0. The number of aromatic nitrogens is 5. The van der Waals surface area contributed by atoms with Crippen molar-refractivity contribution >= 4 is 12.2 Å². The van der Waals surface area contributed by atoms with Crippen LogP contribution >= 0.6 is 0 Å². The summed E-state index contributed by atoms with van der Waals surface area (Å²) in [7, 11) is 0. The number of alkyl halides is 3. The van der Waals surface area contributed by atoms with Gasteiger partial charge in [0.15, 0.2) is 11.5 Å². The van der Waals surface area contributed by atoms with Crippen molar-refractivity contribution in [3.8, 4) is 17.3 Å². The summed E-state index contributed by atoms with van der Waals surface area (Å²) < 4.78 is 38.0. The Bertz CT molecular complexity index is 968. The summed E-state index contributed by atoms with van der Waals surface area (Å²) in [5, 5.41) is 19.0. The van der Waals surface area contributed by atoms with Gasteiger partial charge < -0.3 is 0 Å². The molecule has 2 aromatic heterocycles. The van der Waals surface area contributed by atoms with Gasteiger partial charge in [0.2, 0.25) is 0 Å². The van der Waals surface area contributed by atoms with Crippen LogP contribution in [0, 0.1) is 11.3 Å². The van der Waals surface area contributed by atoms with Gasteiger partial charge in [-0.3, -0.25) is 0 Å². The Kier molecular flexibility index (Phi) is 4.26. The molecule has 25 heavy (non-hydrogen) atoms. The van der Waals surface area contributed by atoms with Crippen LogP contribution in [0.5, 0.6) is 0 Å². The number of hydrogen-bond donors (Lipinski definition) is 1. The normalized spacial score (nSPS) is 11.6. The molecule has 0 saturated heterocycles. The fourth-order valence-electron chi connectivity index (χ4n) is 2.08. The molecule has 6 nitrogen and oxygen atoms in total. The van der Waals surface area contributed by atoms with Gasteiger partial charge in [-0.05, 0) is 23.8 Å². The molecule has 0 aliphatic carbocycles. The van der Waals surface area contributed by atoms with Crippen molar-refractivity contribution in [2.45, 2.75) is 6.18 Å². The van der Waals surface area contributed by atoms with Gasteiger partial charge in [0.05, 0.1) is 0 Å². The van der Waals surface area contributed by atoms with E-state index in [0.29, 0.717) is 16.8 Å². The Morgan fingerprint density at radius 3 is 2.72 bits per heavy atom. The number of halogens is 3. The molecule has 2 heterocycles. The molecule has 0 bridgehead atoms. The SMILES string of the molecule is N#Cc1n[nH]nc1-c1cccc(/C=C/c2nccc(C(F)(F)F)n2)c1. The van der Waals surface area contributed by atoms with Crippen molar-refractivity contribution in [1.29, 1.82) is 5.26 Å². The average molecular weight is 342 g/mol. The van der Waals surface area contributed by atoms with Crippen LogP contribution < -0.4 is 0 Å². The van der Waals surface area contributed by atoms with Gasteiger partial charge in [0, 0.05) is 11.8 Å². The number of nitrogens with one attached hydrogen (secondary N) is 1. The summed E-state index contributed by atoms with van der Waals surface area (Å²) in [5.74, 6) is -0.0561. The molecular weight excluding hydrogens is 333 g/mol. The maximum Gasteiger partial charge on any atom is 0.433 e. The van der Waals surface area contributed by atoms with Gasteiger partial charge in [-0.25, -0.2) is 9.97 Å². The van der Waals surface area contributed by atoms with Crippen LogP contribution in [-0.2, 0) is 6.18 Å². The molecule has 3 aromatic rings. The van der Waals surface area contributed by atoms with Crippen LogP contribution in [0.2, 0.25) is 0 Å². The van der Waals surface area contributed by atoms with Gasteiger partial charge in [0.1, 0.15) is 17.5 Å². The van der Waals surface area contributed by atoms with Crippen molar-refractivity contribution in [2.75, 3.05) is 0 Å². The second kappa shape index (κ2) is 6.52. The van der Waals surface area contributed by atoms with Gasteiger partial charge in [-0.1, -0.05) is 24.3 Å². The first-order chi connectivity index (χ1) is 12.0. The smallest absolute Gasteiger partial charge is 0.237 e. The second-order valence-corrected chi connectivity index (χ2v) is 4.89. The van der Waals surface area contributed by atoms with Crippen LogP contribution in [0.4, 0.5) is 13.2 Å². The van der Waals surface area contributed by atoms with Crippen LogP contribution in [-0.4, -0.2) is 25.4 Å². The van der Waals surface area contributed by atoms with E-state index in [-0.39, 0.29) is 11.5 Å². The molecule has 9 heteroatoms. The quantitative estimate of drug-likeness (QED) is 0.788. The molecule has 0 spiro atoms. The van der Waals surface area contributed by atoms with Crippen molar-refractivity contribution in [1.82, 2.24) is 25.4 Å². The molecule has 0 fully saturated rings. The third-order valence-electron chi connectivity index (χ3n) is 3.20. The minimum atomic E-state index is -4.52. The van der Waals surface area contributed by atoms with Crippen LogP contribution in [0.25, 0.3) is 23.4 Å². The standard InChI is InChI=1S/C16H9F3N6/c17-16(18,19)13-6-7-21-14(22-13)5-4-10-2-1-3-11(8-10)15-12(9-20)23-25-24-15/h1-8H,(H,23,24,25)/b5-4+. The molecule has 0 unspecified atom stereocenters. The van der Waals surface area contributed by atoms with E-state index in [1.807, 2.05) is 6.07 Å². The number of nitriles is 1. The van der Waals surface area contributed by atoms with Crippen molar-refractivity contribution in [2.24, 2.45) is 0 Å². The van der Waals surface area contributed by atoms with Crippen molar-refractivity contribution < 1.29 is 13.2 Å². The number of rotatable bonds is 3.